The molecule has 0 radical (unpaired) electrons. The van der Waals surface area contributed by atoms with E-state index in [0.29, 0.717) is 0 Å². The lowest BCUT2D eigenvalue weighted by molar-refractivity contribution is 0.737. The van der Waals surface area contributed by atoms with Crippen LogP contribution in [0.4, 0.5) is 0 Å². The van der Waals surface area contributed by atoms with Crippen LogP contribution in [0.3, 0.4) is 0 Å². The molecule has 0 aliphatic carbocycles. The zero-order valence-corrected chi connectivity index (χ0v) is 10.0. The summed E-state index contributed by atoms with van der Waals surface area (Å²) < 4.78 is 0. The minimum Gasteiger partial charge on any atom is -0.106 e. The molecule has 70 valence electrons. The molecule has 0 aromatic carbocycles. The van der Waals surface area contributed by atoms with E-state index in [0.717, 1.165) is 6.42 Å². The molecule has 0 fully saturated rings. The van der Waals surface area contributed by atoms with Gasteiger partial charge < -0.3 is 0 Å². The van der Waals surface area contributed by atoms with Gasteiger partial charge in [0.1, 0.15) is 0 Å². The SMILES string of the molecule is CCCCCC#CC[Si](C)(C)C. The van der Waals surface area contributed by atoms with Crippen LogP contribution in [0.2, 0.25) is 25.7 Å². The van der Waals surface area contributed by atoms with Crippen LogP contribution in [0.5, 0.6) is 0 Å². The molecule has 12 heavy (non-hydrogen) atoms. The Bertz CT molecular complexity index is 154. The minimum absolute atomic E-state index is 0.899. The van der Waals surface area contributed by atoms with E-state index < -0.39 is 8.07 Å². The lowest BCUT2D eigenvalue weighted by Gasteiger charge is -2.09. The van der Waals surface area contributed by atoms with Crippen molar-refractivity contribution in [3.63, 3.8) is 0 Å². The predicted molar refractivity (Wildman–Crippen MR) is 60.1 cm³/mol. The van der Waals surface area contributed by atoms with E-state index in [9.17, 15) is 0 Å². The quantitative estimate of drug-likeness (QED) is 0.351. The largest absolute Gasteiger partial charge is 0.106 e. The lowest BCUT2D eigenvalue weighted by Crippen LogP contribution is -2.17. The summed E-state index contributed by atoms with van der Waals surface area (Å²) in [6.07, 6.45) is 5.03. The first-order valence-electron chi connectivity index (χ1n) is 5.02. The van der Waals surface area contributed by atoms with Crippen molar-refractivity contribution in [3.8, 4) is 11.8 Å². The van der Waals surface area contributed by atoms with Gasteiger partial charge in [0.05, 0.1) is 8.07 Å². The topological polar surface area (TPSA) is 0 Å². The summed E-state index contributed by atoms with van der Waals surface area (Å²) >= 11 is 0. The third kappa shape index (κ3) is 9.78. The fourth-order valence-corrected chi connectivity index (χ4v) is 1.53. The minimum atomic E-state index is -0.899. The molecule has 0 saturated heterocycles. The monoisotopic (exact) mass is 182 g/mol. The molecule has 0 heterocycles. The van der Waals surface area contributed by atoms with E-state index in [-0.39, 0.29) is 0 Å². The third-order valence-electron chi connectivity index (χ3n) is 1.65. The smallest absolute Gasteiger partial charge is 0.0573 e. The first-order valence-corrected chi connectivity index (χ1v) is 8.72. The van der Waals surface area contributed by atoms with E-state index in [1.807, 2.05) is 0 Å². The van der Waals surface area contributed by atoms with Crippen LogP contribution in [-0.2, 0) is 0 Å². The van der Waals surface area contributed by atoms with Crippen LogP contribution >= 0.6 is 0 Å². The fourth-order valence-electron chi connectivity index (χ4n) is 0.879. The highest BCUT2D eigenvalue weighted by molar-refractivity contribution is 6.76. The van der Waals surface area contributed by atoms with E-state index in [4.69, 9.17) is 0 Å². The van der Waals surface area contributed by atoms with E-state index in [2.05, 4.69) is 38.4 Å². The molecular formula is C11H22Si. The maximum Gasteiger partial charge on any atom is 0.0573 e. The summed E-state index contributed by atoms with van der Waals surface area (Å²) in [6, 6.07) is 1.17. The third-order valence-corrected chi connectivity index (χ3v) is 2.89. The Morgan fingerprint density at radius 1 is 1.00 bits per heavy atom. The lowest BCUT2D eigenvalue weighted by atomic mass is 10.2. The second-order valence-corrected chi connectivity index (χ2v) is 10.0. The molecule has 0 unspecified atom stereocenters. The molecule has 0 aliphatic heterocycles. The van der Waals surface area contributed by atoms with Gasteiger partial charge in [0, 0.05) is 12.5 Å². The molecule has 1 heteroatoms. The summed E-state index contributed by atoms with van der Waals surface area (Å²) in [4.78, 5) is 0. The summed E-state index contributed by atoms with van der Waals surface area (Å²) in [7, 11) is -0.899. The van der Waals surface area contributed by atoms with Gasteiger partial charge in [-0.3, -0.25) is 0 Å². The average Bonchev–Trinajstić information content (AvgIpc) is 1.94. The van der Waals surface area contributed by atoms with E-state index in [1.165, 1.54) is 25.3 Å². The molecule has 0 spiro atoms. The van der Waals surface area contributed by atoms with Crippen molar-refractivity contribution in [1.29, 1.82) is 0 Å². The van der Waals surface area contributed by atoms with Crippen molar-refractivity contribution >= 4 is 8.07 Å². The molecular weight excluding hydrogens is 160 g/mol. The number of hydrogen-bond donors (Lipinski definition) is 0. The highest BCUT2D eigenvalue weighted by Gasteiger charge is 2.09. The van der Waals surface area contributed by atoms with Gasteiger partial charge in [-0.2, -0.15) is 0 Å². The normalized spacial score (nSPS) is 10.7. The predicted octanol–water partition coefficient (Wildman–Crippen LogP) is 3.91. The van der Waals surface area contributed by atoms with Crippen molar-refractivity contribution in [3.05, 3.63) is 0 Å². The molecule has 0 saturated carbocycles. The zero-order chi connectivity index (χ0) is 9.45. The van der Waals surface area contributed by atoms with Gasteiger partial charge >= 0.3 is 0 Å². The van der Waals surface area contributed by atoms with Gasteiger partial charge in [-0.05, 0) is 6.42 Å². The van der Waals surface area contributed by atoms with Gasteiger partial charge in [0.25, 0.3) is 0 Å². The molecule has 0 amide bonds. The number of rotatable bonds is 4. The molecule has 0 rings (SSSR count). The Morgan fingerprint density at radius 3 is 2.17 bits per heavy atom. The van der Waals surface area contributed by atoms with Crippen LogP contribution < -0.4 is 0 Å². The Balaban J connectivity index is 3.35. The maximum atomic E-state index is 3.30. The van der Waals surface area contributed by atoms with Crippen molar-refractivity contribution in [2.24, 2.45) is 0 Å². The van der Waals surface area contributed by atoms with Gasteiger partial charge in [-0.25, -0.2) is 0 Å². The Labute approximate surface area is 78.8 Å². The first-order chi connectivity index (χ1) is 5.56. The maximum absolute atomic E-state index is 3.30. The molecule has 0 aliphatic rings. The molecule has 0 atom stereocenters. The molecule has 0 aromatic heterocycles. The Hall–Kier alpha value is -0.223. The van der Waals surface area contributed by atoms with Gasteiger partial charge in [-0.15, -0.1) is 11.8 Å². The number of unbranched alkanes of at least 4 members (excludes halogenated alkanes) is 3. The molecule has 0 N–H and O–H groups in total. The first kappa shape index (κ1) is 11.8. The standard InChI is InChI=1S/C11H22Si/c1-5-6-7-8-9-10-11-12(2,3)4/h5-8,11H2,1-4H3. The average molecular weight is 182 g/mol. The fraction of sp³-hybridized carbons (Fsp3) is 0.818. The molecule has 0 nitrogen and oxygen atoms in total. The second kappa shape index (κ2) is 6.31. The second-order valence-electron chi connectivity index (χ2n) is 4.55. The van der Waals surface area contributed by atoms with Crippen LogP contribution in [0.15, 0.2) is 0 Å². The Morgan fingerprint density at radius 2 is 1.67 bits per heavy atom. The van der Waals surface area contributed by atoms with Crippen molar-refractivity contribution < 1.29 is 0 Å². The summed E-state index contributed by atoms with van der Waals surface area (Å²) in [6.45, 7) is 9.34. The highest BCUT2D eigenvalue weighted by Crippen LogP contribution is 2.06. The highest BCUT2D eigenvalue weighted by atomic mass is 28.3. The van der Waals surface area contributed by atoms with Crippen molar-refractivity contribution in [2.75, 3.05) is 0 Å². The van der Waals surface area contributed by atoms with E-state index in [1.54, 1.807) is 0 Å². The Kier molecular flexibility index (Phi) is 6.19. The van der Waals surface area contributed by atoms with Crippen molar-refractivity contribution in [1.82, 2.24) is 0 Å². The molecule has 0 aromatic rings. The number of hydrogen-bond acceptors (Lipinski definition) is 0. The molecule has 0 bridgehead atoms. The van der Waals surface area contributed by atoms with Gasteiger partial charge in [0.15, 0.2) is 0 Å². The van der Waals surface area contributed by atoms with E-state index >= 15 is 0 Å². The van der Waals surface area contributed by atoms with Gasteiger partial charge in [-0.1, -0.05) is 39.4 Å². The van der Waals surface area contributed by atoms with Crippen LogP contribution in [0, 0.1) is 11.8 Å². The van der Waals surface area contributed by atoms with Crippen molar-refractivity contribution in [2.45, 2.75) is 58.3 Å². The van der Waals surface area contributed by atoms with Crippen LogP contribution in [0.25, 0.3) is 0 Å². The van der Waals surface area contributed by atoms with Gasteiger partial charge in [0.2, 0.25) is 0 Å². The summed E-state index contributed by atoms with van der Waals surface area (Å²) in [5.74, 6) is 6.56. The summed E-state index contributed by atoms with van der Waals surface area (Å²) in [5.41, 5.74) is 0. The van der Waals surface area contributed by atoms with Crippen LogP contribution in [-0.4, -0.2) is 8.07 Å². The van der Waals surface area contributed by atoms with Crippen LogP contribution in [0.1, 0.15) is 32.6 Å². The summed E-state index contributed by atoms with van der Waals surface area (Å²) in [5, 5.41) is 0. The zero-order valence-electron chi connectivity index (χ0n) is 9.04.